The van der Waals surface area contributed by atoms with Crippen LogP contribution in [0.25, 0.3) is 22.4 Å². The molecule has 4 aromatic rings. The van der Waals surface area contributed by atoms with Gasteiger partial charge in [-0.1, -0.05) is 42.5 Å². The lowest BCUT2D eigenvalue weighted by Crippen LogP contribution is -2.17. The van der Waals surface area contributed by atoms with E-state index >= 15 is 0 Å². The van der Waals surface area contributed by atoms with Crippen molar-refractivity contribution in [2.75, 3.05) is 0 Å². The van der Waals surface area contributed by atoms with Gasteiger partial charge in [0.15, 0.2) is 0 Å². The number of hydrogen-bond donors (Lipinski definition) is 3. The van der Waals surface area contributed by atoms with Gasteiger partial charge in [-0.05, 0) is 35.9 Å². The van der Waals surface area contributed by atoms with E-state index in [4.69, 9.17) is 0 Å². The van der Waals surface area contributed by atoms with Crippen molar-refractivity contribution in [3.05, 3.63) is 83.9 Å². The Kier molecular flexibility index (Phi) is 4.37. The summed E-state index contributed by atoms with van der Waals surface area (Å²) in [6, 6.07) is 21.6. The summed E-state index contributed by atoms with van der Waals surface area (Å²) in [5, 5.41) is 13.4. The first-order valence-electron chi connectivity index (χ1n) is 8.37. The lowest BCUT2D eigenvalue weighted by molar-refractivity contribution is 0.0955. The van der Waals surface area contributed by atoms with E-state index in [-0.39, 0.29) is 11.7 Å². The van der Waals surface area contributed by atoms with Crippen LogP contribution in [0.3, 0.4) is 0 Å². The number of rotatable bonds is 4. The highest BCUT2D eigenvalue weighted by molar-refractivity contribution is 5.98. The van der Waals surface area contributed by atoms with E-state index in [9.17, 15) is 9.90 Å². The molecule has 1 heterocycles. The largest absolute Gasteiger partial charge is 0.508 e. The number of phenols is 1. The maximum atomic E-state index is 12.3. The summed E-state index contributed by atoms with van der Waals surface area (Å²) in [4.78, 5) is 20.1. The molecule has 1 aromatic heterocycles. The third kappa shape index (κ3) is 3.69. The molecule has 132 valence electrons. The lowest BCUT2D eigenvalue weighted by atomic mass is 10.2. The molecule has 4 rings (SSSR count). The van der Waals surface area contributed by atoms with E-state index < -0.39 is 0 Å². The number of carbonyl (C=O) groups excluding carboxylic acids is 1. The molecule has 0 fully saturated rings. The van der Waals surface area contributed by atoms with Gasteiger partial charge in [0, 0.05) is 11.1 Å². The topological polar surface area (TPSA) is 90.4 Å². The molecule has 3 N–H and O–H groups in total. The Labute approximate surface area is 155 Å². The van der Waals surface area contributed by atoms with Crippen molar-refractivity contribution in [2.45, 2.75) is 0 Å². The summed E-state index contributed by atoms with van der Waals surface area (Å²) < 4.78 is 0. The summed E-state index contributed by atoms with van der Waals surface area (Å²) in [5.41, 5.74) is 6.19. The van der Waals surface area contributed by atoms with Gasteiger partial charge in [-0.2, -0.15) is 5.10 Å². The van der Waals surface area contributed by atoms with Crippen LogP contribution in [0, 0.1) is 0 Å². The van der Waals surface area contributed by atoms with Crippen LogP contribution in [-0.2, 0) is 0 Å². The first kappa shape index (κ1) is 16.5. The highest BCUT2D eigenvalue weighted by Gasteiger charge is 2.09. The van der Waals surface area contributed by atoms with Crippen molar-refractivity contribution >= 4 is 23.2 Å². The van der Waals surface area contributed by atoms with Gasteiger partial charge in [0.25, 0.3) is 5.91 Å². The molecular formula is C21H16N4O2. The molecule has 6 nitrogen and oxygen atoms in total. The Balaban J connectivity index is 1.52. The maximum Gasteiger partial charge on any atom is 0.271 e. The van der Waals surface area contributed by atoms with Crippen LogP contribution in [0.2, 0.25) is 0 Å². The number of fused-ring (bicyclic) bond motifs is 1. The number of H-pyrrole nitrogens is 1. The smallest absolute Gasteiger partial charge is 0.271 e. The molecule has 0 radical (unpaired) electrons. The molecule has 0 bridgehead atoms. The summed E-state index contributed by atoms with van der Waals surface area (Å²) >= 11 is 0. The number of nitrogens with zero attached hydrogens (tertiary/aromatic N) is 2. The zero-order valence-corrected chi connectivity index (χ0v) is 14.3. The second-order valence-electron chi connectivity index (χ2n) is 5.98. The van der Waals surface area contributed by atoms with Crippen LogP contribution >= 0.6 is 0 Å². The highest BCUT2D eigenvalue weighted by Crippen LogP contribution is 2.21. The molecule has 0 aliphatic rings. The summed E-state index contributed by atoms with van der Waals surface area (Å²) in [5.74, 6) is 0.568. The average molecular weight is 356 g/mol. The van der Waals surface area contributed by atoms with E-state index in [0.717, 1.165) is 22.4 Å². The molecule has 0 saturated carbocycles. The molecule has 1 amide bonds. The second kappa shape index (κ2) is 7.13. The van der Waals surface area contributed by atoms with Crippen molar-refractivity contribution in [3.8, 4) is 17.1 Å². The predicted octanol–water partition coefficient (Wildman–Crippen LogP) is 3.70. The van der Waals surface area contributed by atoms with Crippen LogP contribution in [0.5, 0.6) is 5.75 Å². The molecular weight excluding hydrogens is 340 g/mol. The van der Waals surface area contributed by atoms with Crippen LogP contribution in [0.15, 0.2) is 77.9 Å². The molecule has 0 unspecified atom stereocenters. The van der Waals surface area contributed by atoms with Crippen molar-refractivity contribution in [1.82, 2.24) is 15.4 Å². The van der Waals surface area contributed by atoms with Crippen molar-refractivity contribution in [2.24, 2.45) is 5.10 Å². The first-order valence-corrected chi connectivity index (χ1v) is 8.37. The Morgan fingerprint density at radius 1 is 1.04 bits per heavy atom. The third-order valence-electron chi connectivity index (χ3n) is 4.04. The predicted molar refractivity (Wildman–Crippen MR) is 105 cm³/mol. The third-order valence-corrected chi connectivity index (χ3v) is 4.04. The quantitative estimate of drug-likeness (QED) is 0.385. The van der Waals surface area contributed by atoms with Crippen LogP contribution < -0.4 is 5.43 Å². The van der Waals surface area contributed by atoms with Gasteiger partial charge in [0.05, 0.1) is 17.2 Å². The van der Waals surface area contributed by atoms with Gasteiger partial charge < -0.3 is 10.1 Å². The number of aromatic amines is 1. The number of benzene rings is 3. The van der Waals surface area contributed by atoms with Gasteiger partial charge in [0.1, 0.15) is 11.6 Å². The fraction of sp³-hybridized carbons (Fsp3) is 0. The zero-order valence-electron chi connectivity index (χ0n) is 14.3. The number of carbonyl (C=O) groups is 1. The standard InChI is InChI=1S/C21H16N4O2/c26-17-8-4-5-14(11-17)13-22-25-21(27)16-9-10-18-19(12-16)24-20(23-18)15-6-2-1-3-7-15/h1-13,26H,(H,23,24)(H,25,27). The Hall–Kier alpha value is -3.93. The Bertz CT molecular complexity index is 1130. The molecule has 0 atom stereocenters. The van der Waals surface area contributed by atoms with Gasteiger partial charge in [-0.15, -0.1) is 0 Å². The van der Waals surface area contributed by atoms with Crippen LogP contribution in [0.4, 0.5) is 0 Å². The average Bonchev–Trinajstić information content (AvgIpc) is 3.12. The van der Waals surface area contributed by atoms with E-state index in [1.54, 1.807) is 42.5 Å². The number of hydrazone groups is 1. The fourth-order valence-electron chi connectivity index (χ4n) is 2.72. The zero-order chi connectivity index (χ0) is 18.6. The minimum Gasteiger partial charge on any atom is -0.508 e. The van der Waals surface area contributed by atoms with Crippen molar-refractivity contribution in [3.63, 3.8) is 0 Å². The second-order valence-corrected chi connectivity index (χ2v) is 5.98. The summed E-state index contributed by atoms with van der Waals surface area (Å²) in [6.07, 6.45) is 1.47. The van der Waals surface area contributed by atoms with Crippen molar-refractivity contribution in [1.29, 1.82) is 0 Å². The highest BCUT2D eigenvalue weighted by atomic mass is 16.3. The Morgan fingerprint density at radius 3 is 2.70 bits per heavy atom. The number of aromatic hydroxyl groups is 1. The number of amides is 1. The number of imidazole rings is 1. The molecule has 0 spiro atoms. The van der Waals surface area contributed by atoms with Gasteiger partial charge in [-0.25, -0.2) is 10.4 Å². The normalized spacial score (nSPS) is 11.1. The molecule has 27 heavy (non-hydrogen) atoms. The molecule has 0 aliphatic carbocycles. The summed E-state index contributed by atoms with van der Waals surface area (Å²) in [7, 11) is 0. The molecule has 0 aliphatic heterocycles. The van der Waals surface area contributed by atoms with Gasteiger partial charge >= 0.3 is 0 Å². The number of hydrogen-bond acceptors (Lipinski definition) is 4. The Morgan fingerprint density at radius 2 is 1.89 bits per heavy atom. The fourth-order valence-corrected chi connectivity index (χ4v) is 2.72. The minimum atomic E-state index is -0.329. The molecule has 3 aromatic carbocycles. The first-order chi connectivity index (χ1) is 13.2. The number of aromatic nitrogens is 2. The van der Waals surface area contributed by atoms with Crippen molar-refractivity contribution < 1.29 is 9.90 Å². The van der Waals surface area contributed by atoms with E-state index in [1.165, 1.54) is 6.21 Å². The van der Waals surface area contributed by atoms with Crippen LogP contribution in [0.1, 0.15) is 15.9 Å². The van der Waals surface area contributed by atoms with E-state index in [1.807, 2.05) is 30.3 Å². The SMILES string of the molecule is O=C(NN=Cc1cccc(O)c1)c1ccc2nc(-c3ccccc3)[nH]c2c1. The number of phenolic OH excluding ortho intramolecular Hbond substituents is 1. The maximum absolute atomic E-state index is 12.3. The molecule has 6 heteroatoms. The monoisotopic (exact) mass is 356 g/mol. The van der Waals surface area contributed by atoms with Gasteiger partial charge in [0.2, 0.25) is 0 Å². The summed E-state index contributed by atoms with van der Waals surface area (Å²) in [6.45, 7) is 0. The number of nitrogens with one attached hydrogen (secondary N) is 2. The van der Waals surface area contributed by atoms with E-state index in [0.29, 0.717) is 11.1 Å². The molecule has 0 saturated heterocycles. The van der Waals surface area contributed by atoms with Crippen LogP contribution in [-0.4, -0.2) is 27.2 Å². The van der Waals surface area contributed by atoms with E-state index in [2.05, 4.69) is 20.5 Å². The lowest BCUT2D eigenvalue weighted by Gasteiger charge is -2.00. The van der Waals surface area contributed by atoms with Gasteiger partial charge in [-0.3, -0.25) is 4.79 Å². The minimum absolute atomic E-state index is 0.143.